The van der Waals surface area contributed by atoms with Crippen molar-refractivity contribution in [3.8, 4) is 0 Å². The van der Waals surface area contributed by atoms with Crippen molar-refractivity contribution in [2.45, 2.75) is 36.1 Å². The second-order valence-electron chi connectivity index (χ2n) is 6.54. The van der Waals surface area contributed by atoms with E-state index in [1.54, 1.807) is 24.3 Å². The lowest BCUT2D eigenvalue weighted by Gasteiger charge is -2.40. The molecule has 1 fully saturated rings. The molecule has 0 radical (unpaired) electrons. The van der Waals surface area contributed by atoms with Crippen LogP contribution in [0.15, 0.2) is 53.4 Å². The van der Waals surface area contributed by atoms with Crippen LogP contribution < -0.4 is 5.32 Å². The van der Waals surface area contributed by atoms with Crippen LogP contribution in [0.4, 0.5) is 0 Å². The maximum absolute atomic E-state index is 12.8. The van der Waals surface area contributed by atoms with Crippen molar-refractivity contribution >= 4 is 27.3 Å². The number of halogens is 1. The minimum atomic E-state index is -3.21. The quantitative estimate of drug-likeness (QED) is 0.867. The van der Waals surface area contributed by atoms with Crippen molar-refractivity contribution in [3.63, 3.8) is 0 Å². The summed E-state index contributed by atoms with van der Waals surface area (Å²) in [5.41, 5.74) is 1.39. The first-order valence-corrected chi connectivity index (χ1v) is 10.4. The Balaban J connectivity index is 1.70. The van der Waals surface area contributed by atoms with Crippen LogP contribution in [0.3, 0.4) is 0 Å². The van der Waals surface area contributed by atoms with Crippen LogP contribution in [0.25, 0.3) is 0 Å². The number of carbonyl (C=O) groups is 1. The molecule has 0 heterocycles. The number of sulfone groups is 1. The first kappa shape index (κ1) is 18.0. The molecule has 132 valence electrons. The number of nitrogens with one attached hydrogen (secondary N) is 1. The minimum absolute atomic E-state index is 0.00765. The van der Waals surface area contributed by atoms with Gasteiger partial charge < -0.3 is 5.32 Å². The number of hydrogen-bond acceptors (Lipinski definition) is 3. The lowest BCUT2D eigenvalue weighted by molar-refractivity contribution is -0.130. The predicted octanol–water partition coefficient (Wildman–Crippen LogP) is 3.48. The van der Waals surface area contributed by atoms with Crippen molar-refractivity contribution in [1.29, 1.82) is 0 Å². The van der Waals surface area contributed by atoms with Gasteiger partial charge >= 0.3 is 0 Å². The number of rotatable bonds is 5. The summed E-state index contributed by atoms with van der Waals surface area (Å²) < 4.78 is 23.0. The van der Waals surface area contributed by atoms with E-state index in [9.17, 15) is 13.2 Å². The van der Waals surface area contributed by atoms with Gasteiger partial charge in [-0.25, -0.2) is 8.42 Å². The van der Waals surface area contributed by atoms with E-state index in [0.717, 1.165) is 30.4 Å². The van der Waals surface area contributed by atoms with E-state index in [0.29, 0.717) is 11.6 Å². The van der Waals surface area contributed by atoms with Crippen LogP contribution in [-0.4, -0.2) is 20.6 Å². The SMILES string of the molecule is CS(=O)(=O)c1ccc(CNC(=O)C2(c3ccc(Cl)cc3)CCC2)cc1. The average molecular weight is 378 g/mol. The molecule has 6 heteroatoms. The van der Waals surface area contributed by atoms with Gasteiger partial charge in [0.25, 0.3) is 0 Å². The summed E-state index contributed by atoms with van der Waals surface area (Å²) in [5, 5.41) is 3.65. The Morgan fingerprint density at radius 3 is 2.16 bits per heavy atom. The fraction of sp³-hybridized carbons (Fsp3) is 0.316. The zero-order chi connectivity index (χ0) is 18.1. The van der Waals surface area contributed by atoms with Gasteiger partial charge in [-0.2, -0.15) is 0 Å². The molecule has 4 nitrogen and oxygen atoms in total. The summed E-state index contributed by atoms with van der Waals surface area (Å²) in [7, 11) is -3.21. The van der Waals surface area contributed by atoms with Gasteiger partial charge in [-0.3, -0.25) is 4.79 Å². The van der Waals surface area contributed by atoms with E-state index in [-0.39, 0.29) is 10.8 Å². The van der Waals surface area contributed by atoms with Crippen molar-refractivity contribution < 1.29 is 13.2 Å². The summed E-state index contributed by atoms with van der Waals surface area (Å²) in [4.78, 5) is 13.1. The van der Waals surface area contributed by atoms with Crippen LogP contribution in [0.5, 0.6) is 0 Å². The molecule has 1 aliphatic carbocycles. The highest BCUT2D eigenvalue weighted by Crippen LogP contribution is 2.44. The van der Waals surface area contributed by atoms with Crippen LogP contribution >= 0.6 is 11.6 Å². The number of hydrogen-bond donors (Lipinski definition) is 1. The summed E-state index contributed by atoms with van der Waals surface area (Å²) in [6, 6.07) is 14.1. The minimum Gasteiger partial charge on any atom is -0.351 e. The lowest BCUT2D eigenvalue weighted by Crippen LogP contribution is -2.48. The number of carbonyl (C=O) groups excluding carboxylic acids is 1. The molecular formula is C19H20ClNO3S. The maximum Gasteiger partial charge on any atom is 0.230 e. The van der Waals surface area contributed by atoms with Gasteiger partial charge in [0.05, 0.1) is 10.3 Å². The van der Waals surface area contributed by atoms with Crippen molar-refractivity contribution in [2.24, 2.45) is 0 Å². The monoisotopic (exact) mass is 377 g/mol. The van der Waals surface area contributed by atoms with Crippen molar-refractivity contribution in [3.05, 3.63) is 64.7 Å². The van der Waals surface area contributed by atoms with Crippen LogP contribution in [0.1, 0.15) is 30.4 Å². The van der Waals surface area contributed by atoms with Crippen LogP contribution in [0, 0.1) is 0 Å². The Morgan fingerprint density at radius 1 is 1.08 bits per heavy atom. The van der Waals surface area contributed by atoms with Gasteiger partial charge in [-0.1, -0.05) is 42.3 Å². The van der Waals surface area contributed by atoms with Crippen molar-refractivity contribution in [2.75, 3.05) is 6.26 Å². The van der Waals surface area contributed by atoms with Gasteiger partial charge in [0.15, 0.2) is 9.84 Å². The molecule has 0 spiro atoms. The summed E-state index contributed by atoms with van der Waals surface area (Å²) in [6.07, 6.45) is 3.86. The van der Waals surface area contributed by atoms with Gasteiger partial charge in [-0.05, 0) is 48.2 Å². The molecule has 0 aromatic heterocycles. The topological polar surface area (TPSA) is 63.2 Å². The Kier molecular flexibility index (Phi) is 4.89. The molecule has 25 heavy (non-hydrogen) atoms. The highest BCUT2D eigenvalue weighted by molar-refractivity contribution is 7.90. The Morgan fingerprint density at radius 2 is 1.68 bits per heavy atom. The molecule has 3 rings (SSSR count). The van der Waals surface area contributed by atoms with Crippen LogP contribution in [-0.2, 0) is 26.6 Å². The fourth-order valence-corrected chi connectivity index (χ4v) is 3.91. The van der Waals surface area contributed by atoms with E-state index in [4.69, 9.17) is 11.6 Å². The molecule has 1 saturated carbocycles. The third-order valence-electron chi connectivity index (χ3n) is 4.84. The van der Waals surface area contributed by atoms with E-state index >= 15 is 0 Å². The molecule has 1 aliphatic rings. The molecule has 2 aromatic carbocycles. The van der Waals surface area contributed by atoms with E-state index in [1.165, 1.54) is 6.26 Å². The molecule has 2 aromatic rings. The highest BCUT2D eigenvalue weighted by Gasteiger charge is 2.45. The van der Waals surface area contributed by atoms with E-state index in [1.807, 2.05) is 24.3 Å². The largest absolute Gasteiger partial charge is 0.351 e. The summed E-state index contributed by atoms with van der Waals surface area (Å²) in [5.74, 6) is 0.00765. The molecule has 0 aliphatic heterocycles. The average Bonchev–Trinajstić information content (AvgIpc) is 2.53. The molecule has 1 N–H and O–H groups in total. The summed E-state index contributed by atoms with van der Waals surface area (Å²) in [6.45, 7) is 0.373. The normalized spacial score (nSPS) is 16.1. The Labute approximate surface area is 153 Å². The molecule has 0 bridgehead atoms. The van der Waals surface area contributed by atoms with Gasteiger partial charge in [-0.15, -0.1) is 0 Å². The lowest BCUT2D eigenvalue weighted by atomic mass is 9.64. The molecular weight excluding hydrogens is 358 g/mol. The van der Waals surface area contributed by atoms with Gasteiger partial charge in [0.1, 0.15) is 0 Å². The summed E-state index contributed by atoms with van der Waals surface area (Å²) >= 11 is 5.95. The third kappa shape index (κ3) is 3.72. The number of benzene rings is 2. The fourth-order valence-electron chi connectivity index (χ4n) is 3.15. The standard InChI is InChI=1S/C19H20ClNO3S/c1-25(23,24)17-9-3-14(4-10-17)13-21-18(22)19(11-2-12-19)15-5-7-16(20)8-6-15/h3-10H,2,11-13H2,1H3,(H,21,22). The first-order chi connectivity index (χ1) is 11.8. The Bertz CT molecular complexity index is 870. The molecule has 0 atom stereocenters. The zero-order valence-corrected chi connectivity index (χ0v) is 15.5. The molecule has 1 amide bonds. The highest BCUT2D eigenvalue weighted by atomic mass is 35.5. The number of amides is 1. The first-order valence-electron chi connectivity index (χ1n) is 8.15. The molecule has 0 saturated heterocycles. The zero-order valence-electron chi connectivity index (χ0n) is 14.0. The van der Waals surface area contributed by atoms with Gasteiger partial charge in [0, 0.05) is 17.8 Å². The second kappa shape index (κ2) is 6.81. The Hall–Kier alpha value is -1.85. The van der Waals surface area contributed by atoms with E-state index < -0.39 is 15.3 Å². The predicted molar refractivity (Wildman–Crippen MR) is 98.4 cm³/mol. The van der Waals surface area contributed by atoms with Gasteiger partial charge in [0.2, 0.25) is 5.91 Å². The van der Waals surface area contributed by atoms with Crippen molar-refractivity contribution in [1.82, 2.24) is 5.32 Å². The second-order valence-corrected chi connectivity index (χ2v) is 8.99. The van der Waals surface area contributed by atoms with E-state index in [2.05, 4.69) is 5.32 Å². The maximum atomic E-state index is 12.8. The molecule has 0 unspecified atom stereocenters. The third-order valence-corrected chi connectivity index (χ3v) is 6.22. The smallest absolute Gasteiger partial charge is 0.230 e. The van der Waals surface area contributed by atoms with Crippen LogP contribution in [0.2, 0.25) is 5.02 Å².